The number of ether oxygens (including phenoxy) is 2. The van der Waals surface area contributed by atoms with Gasteiger partial charge in [0.05, 0.1) is 30.2 Å². The Morgan fingerprint density at radius 1 is 0.827 bits per heavy atom. The minimum absolute atomic E-state index is 0.0321. The number of nitrogens with two attached hydrogens (primary N) is 1. The van der Waals surface area contributed by atoms with E-state index in [0.717, 1.165) is 38.1 Å². The van der Waals surface area contributed by atoms with Crippen molar-refractivity contribution in [2.75, 3.05) is 16.8 Å². The number of carbonyl (C=O) groups is 2. The van der Waals surface area contributed by atoms with Crippen molar-refractivity contribution in [3.05, 3.63) is 149 Å². The highest BCUT2D eigenvalue weighted by atomic mass is 32.2. The zero-order chi connectivity index (χ0) is 36.3. The van der Waals surface area contributed by atoms with Crippen LogP contribution in [0.3, 0.4) is 0 Å². The van der Waals surface area contributed by atoms with Crippen LogP contribution in [0.2, 0.25) is 0 Å². The van der Waals surface area contributed by atoms with Crippen molar-refractivity contribution in [2.45, 2.75) is 62.4 Å². The summed E-state index contributed by atoms with van der Waals surface area (Å²) in [6.07, 6.45) is 1.87. The zero-order valence-corrected chi connectivity index (χ0v) is 29.5. The third-order valence-electron chi connectivity index (χ3n) is 8.77. The van der Waals surface area contributed by atoms with Crippen molar-refractivity contribution in [1.82, 2.24) is 5.32 Å². The van der Waals surface area contributed by atoms with Gasteiger partial charge < -0.3 is 36.2 Å². The van der Waals surface area contributed by atoms with E-state index in [1.807, 2.05) is 72.8 Å². The van der Waals surface area contributed by atoms with Gasteiger partial charge in [-0.3, -0.25) is 9.59 Å². The number of aliphatic hydroxyl groups is 1. The molecule has 3 atom stereocenters. The van der Waals surface area contributed by atoms with E-state index in [1.165, 1.54) is 18.0 Å². The molecule has 0 spiro atoms. The van der Waals surface area contributed by atoms with Gasteiger partial charge in [0.2, 0.25) is 11.8 Å². The van der Waals surface area contributed by atoms with Gasteiger partial charge in [-0.05, 0) is 64.6 Å². The Morgan fingerprint density at radius 2 is 1.58 bits per heavy atom. The molecule has 0 radical (unpaired) electrons. The molecule has 5 aromatic rings. The maximum absolute atomic E-state index is 12.6. The minimum atomic E-state index is -0.647. The number of nitrogen functional groups attached to an aromatic ring is 1. The van der Waals surface area contributed by atoms with Gasteiger partial charge in [-0.1, -0.05) is 84.6 Å². The van der Waals surface area contributed by atoms with Crippen LogP contribution in [0.25, 0.3) is 11.1 Å². The molecule has 1 fully saturated rings. The third-order valence-corrected chi connectivity index (χ3v) is 9.92. The Labute approximate surface area is 307 Å². The van der Waals surface area contributed by atoms with E-state index in [2.05, 4.69) is 16.7 Å². The predicted molar refractivity (Wildman–Crippen MR) is 202 cm³/mol. The second-order valence-electron chi connectivity index (χ2n) is 12.6. The molecule has 4 aromatic carbocycles. The Bertz CT molecular complexity index is 1970. The molecule has 268 valence electrons. The quantitative estimate of drug-likeness (QED) is 0.0423. The predicted octanol–water partition coefficient (Wildman–Crippen LogP) is 6.82. The molecule has 10 nitrogen and oxygen atoms in total. The number of nitrogens with one attached hydrogen (secondary N) is 2. The van der Waals surface area contributed by atoms with Gasteiger partial charge in [0.25, 0.3) is 5.03 Å². The van der Waals surface area contributed by atoms with Crippen LogP contribution >= 0.6 is 11.8 Å². The van der Waals surface area contributed by atoms with Crippen LogP contribution in [0, 0.1) is 5.21 Å². The molecular formula is C41H42N4O6S. The first-order valence-corrected chi connectivity index (χ1v) is 18.2. The molecule has 3 unspecified atom stereocenters. The van der Waals surface area contributed by atoms with Crippen molar-refractivity contribution in [3.8, 4) is 11.1 Å². The number of carbonyl (C=O) groups excluding carboxylic acids is 2. The monoisotopic (exact) mass is 718 g/mol. The Balaban J connectivity index is 1.08. The number of thioether (sulfide) groups is 1. The largest absolute Gasteiger partial charge is 0.618 e. The van der Waals surface area contributed by atoms with Gasteiger partial charge in [-0.15, -0.1) is 0 Å². The zero-order valence-electron chi connectivity index (χ0n) is 28.7. The number of aliphatic hydroxyl groups excluding tert-OH is 1. The van der Waals surface area contributed by atoms with Crippen molar-refractivity contribution < 1.29 is 28.9 Å². The number of rotatable bonds is 14. The van der Waals surface area contributed by atoms with Gasteiger partial charge >= 0.3 is 0 Å². The number of hydrogen-bond acceptors (Lipinski definition) is 8. The Kier molecular flexibility index (Phi) is 12.5. The standard InChI is InChI=1S/C41H42N4O6S/c42-35-12-1-2-13-36(35)44-39(48)15-7-14-38(47)43-25-29-8-5-9-31(22-29)32-10-6-11-33(23-32)41-50-34(27-52-40-16-3-4-21-45(40)49)24-37(51-41)30-19-17-28(26-46)18-20-30/h1-6,8-13,16-23,34,37,41,46H,7,14-15,24-27,42H2,(H,43,47)(H,44,48). The molecular weight excluding hydrogens is 677 g/mol. The molecule has 0 bridgehead atoms. The molecule has 1 saturated heterocycles. The molecule has 1 aliphatic rings. The van der Waals surface area contributed by atoms with Gasteiger partial charge in [-0.2, -0.15) is 4.73 Å². The molecule has 0 aliphatic carbocycles. The summed E-state index contributed by atoms with van der Waals surface area (Å²) in [5.41, 5.74) is 12.5. The number of para-hydroxylation sites is 2. The van der Waals surface area contributed by atoms with Gasteiger partial charge in [-0.25, -0.2) is 0 Å². The topological polar surface area (TPSA) is 150 Å². The number of hydrogen-bond donors (Lipinski definition) is 4. The fraction of sp³-hybridized carbons (Fsp3) is 0.244. The average Bonchev–Trinajstić information content (AvgIpc) is 3.18. The van der Waals surface area contributed by atoms with Crippen molar-refractivity contribution >= 4 is 35.0 Å². The molecule has 6 rings (SSSR count). The minimum Gasteiger partial charge on any atom is -0.618 e. The van der Waals surface area contributed by atoms with E-state index < -0.39 is 6.29 Å². The van der Waals surface area contributed by atoms with Crippen LogP contribution in [0.5, 0.6) is 0 Å². The summed E-state index contributed by atoms with van der Waals surface area (Å²) in [5, 5.41) is 28.2. The summed E-state index contributed by atoms with van der Waals surface area (Å²) in [5.74, 6) is 0.257. The van der Waals surface area contributed by atoms with Crippen molar-refractivity contribution in [1.29, 1.82) is 0 Å². The van der Waals surface area contributed by atoms with E-state index in [0.29, 0.717) is 41.5 Å². The number of benzene rings is 4. The number of nitrogens with zero attached hydrogens (tertiary/aromatic N) is 1. The van der Waals surface area contributed by atoms with Crippen LogP contribution in [-0.4, -0.2) is 28.8 Å². The summed E-state index contributed by atoms with van der Waals surface area (Å²) in [7, 11) is 0. The molecule has 52 heavy (non-hydrogen) atoms. The Hall–Kier alpha value is -5.20. The normalized spacial score (nSPS) is 17.0. The highest BCUT2D eigenvalue weighted by Crippen LogP contribution is 2.40. The lowest BCUT2D eigenvalue weighted by molar-refractivity contribution is -0.645. The lowest BCUT2D eigenvalue weighted by atomic mass is 9.99. The average molecular weight is 719 g/mol. The lowest BCUT2D eigenvalue weighted by Crippen LogP contribution is -2.32. The fourth-order valence-electron chi connectivity index (χ4n) is 5.97. The van der Waals surface area contributed by atoms with Crippen LogP contribution < -0.4 is 21.1 Å². The number of anilines is 2. The van der Waals surface area contributed by atoms with E-state index in [-0.39, 0.29) is 43.5 Å². The first-order chi connectivity index (χ1) is 25.3. The summed E-state index contributed by atoms with van der Waals surface area (Å²) >= 11 is 1.45. The Morgan fingerprint density at radius 3 is 2.37 bits per heavy atom. The molecule has 2 amide bonds. The van der Waals surface area contributed by atoms with Gasteiger partial charge in [0.15, 0.2) is 12.5 Å². The lowest BCUT2D eigenvalue weighted by Gasteiger charge is -2.36. The maximum atomic E-state index is 12.6. The molecule has 1 aliphatic heterocycles. The summed E-state index contributed by atoms with van der Waals surface area (Å²) in [6, 6.07) is 36.2. The number of pyridine rings is 1. The number of amides is 2. The second-order valence-corrected chi connectivity index (χ2v) is 13.7. The smallest absolute Gasteiger partial charge is 0.251 e. The van der Waals surface area contributed by atoms with Crippen molar-refractivity contribution in [2.24, 2.45) is 0 Å². The first-order valence-electron chi connectivity index (χ1n) is 17.3. The van der Waals surface area contributed by atoms with E-state index in [1.54, 1.807) is 36.4 Å². The number of aromatic nitrogens is 1. The second kappa shape index (κ2) is 17.8. The summed E-state index contributed by atoms with van der Waals surface area (Å²) in [4.78, 5) is 24.9. The molecule has 11 heteroatoms. The van der Waals surface area contributed by atoms with Crippen LogP contribution in [0.4, 0.5) is 11.4 Å². The van der Waals surface area contributed by atoms with Crippen LogP contribution in [0.1, 0.15) is 60.3 Å². The van der Waals surface area contributed by atoms with E-state index >= 15 is 0 Å². The van der Waals surface area contributed by atoms with E-state index in [4.69, 9.17) is 15.2 Å². The molecule has 5 N–H and O–H groups in total. The van der Waals surface area contributed by atoms with Crippen LogP contribution in [0.15, 0.2) is 126 Å². The van der Waals surface area contributed by atoms with Gasteiger partial charge in [0, 0.05) is 49.3 Å². The molecule has 2 heterocycles. The molecule has 1 aromatic heterocycles. The highest BCUT2D eigenvalue weighted by molar-refractivity contribution is 7.99. The SMILES string of the molecule is Nc1ccccc1NC(=O)CCCC(=O)NCc1cccc(-c2cccc(C3OC(CSc4cccc[n+]4[O-])CC(c4ccc(CO)cc4)O3)c2)c1. The van der Waals surface area contributed by atoms with Gasteiger partial charge in [0.1, 0.15) is 0 Å². The van der Waals surface area contributed by atoms with Crippen molar-refractivity contribution in [3.63, 3.8) is 0 Å². The highest BCUT2D eigenvalue weighted by Gasteiger charge is 2.33. The maximum Gasteiger partial charge on any atom is 0.251 e. The van der Waals surface area contributed by atoms with Crippen LogP contribution in [-0.2, 0) is 32.2 Å². The fourth-order valence-corrected chi connectivity index (χ4v) is 6.91. The third kappa shape index (κ3) is 9.98. The summed E-state index contributed by atoms with van der Waals surface area (Å²) < 4.78 is 13.9. The first kappa shape index (κ1) is 36.6. The molecule has 0 saturated carbocycles. The summed E-state index contributed by atoms with van der Waals surface area (Å²) in [6.45, 7) is 0.324. The van der Waals surface area contributed by atoms with E-state index in [9.17, 15) is 19.9 Å².